The minimum absolute atomic E-state index is 0.212. The standard InChI is InChI=1S/C13H12.C9H10O2.C9H20.C5H8N2O3.CH5N/c1-11-7-9-13(10-8-11)12-5-3-2-4-6-12;10-9(11)7-6-8-4-2-1-3-5-8;1-4-6-8-9(3)7-5-2;1-4(2-8)7-5(10)6-3-9;1-2/h2-10H,1H3;1-5H,6-7H2,(H,10,11);9H,4-8H2,1-3H3;2-4H,1H3,(H2,6,7,9,10);2H2,1H3. The van der Waals surface area contributed by atoms with Gasteiger partial charge in [0.25, 0.3) is 0 Å². The first kappa shape index (κ1) is 42.8. The fraction of sp³-hybridized carbons (Fsp3) is 0.405. The highest BCUT2D eigenvalue weighted by atomic mass is 16.4. The van der Waals surface area contributed by atoms with Crippen molar-refractivity contribution in [3.8, 4) is 11.1 Å². The van der Waals surface area contributed by atoms with Crippen LogP contribution in [0.1, 0.15) is 77.3 Å². The Labute approximate surface area is 270 Å². The summed E-state index contributed by atoms with van der Waals surface area (Å²) in [6.45, 7) is 10.5. The first-order valence-corrected chi connectivity index (χ1v) is 15.6. The maximum absolute atomic E-state index is 10.4. The van der Waals surface area contributed by atoms with Crippen molar-refractivity contribution in [2.45, 2.75) is 85.6 Å². The summed E-state index contributed by atoms with van der Waals surface area (Å²) in [5, 5.41) is 12.4. The van der Waals surface area contributed by atoms with Crippen LogP contribution in [0, 0.1) is 12.8 Å². The van der Waals surface area contributed by atoms with E-state index in [0.29, 0.717) is 12.7 Å². The van der Waals surface area contributed by atoms with E-state index >= 15 is 0 Å². The molecule has 0 aliphatic rings. The topological polar surface area (TPSA) is 139 Å². The van der Waals surface area contributed by atoms with E-state index in [4.69, 9.17) is 5.11 Å². The number of urea groups is 1. The number of carboxylic acid groups (broad SMARTS) is 1. The molecule has 0 spiro atoms. The van der Waals surface area contributed by atoms with E-state index in [1.165, 1.54) is 62.8 Å². The van der Waals surface area contributed by atoms with E-state index < -0.39 is 18.0 Å². The van der Waals surface area contributed by atoms with Gasteiger partial charge in [0, 0.05) is 6.42 Å². The third-order valence-electron chi connectivity index (χ3n) is 6.21. The third-order valence-corrected chi connectivity index (χ3v) is 6.21. The van der Waals surface area contributed by atoms with Crippen LogP contribution >= 0.6 is 0 Å². The molecule has 5 N–H and O–H groups in total. The summed E-state index contributed by atoms with van der Waals surface area (Å²) in [5.41, 5.74) is 9.45. The van der Waals surface area contributed by atoms with Crippen molar-refractivity contribution in [3.05, 3.63) is 96.1 Å². The second-order valence-electron chi connectivity index (χ2n) is 10.3. The zero-order chi connectivity index (χ0) is 34.3. The number of aldehydes is 1. The molecule has 0 aromatic heterocycles. The fourth-order valence-corrected chi connectivity index (χ4v) is 3.80. The van der Waals surface area contributed by atoms with Crippen LogP contribution in [0.25, 0.3) is 11.1 Å². The molecule has 2 atom stereocenters. The molecule has 248 valence electrons. The maximum atomic E-state index is 10.4. The lowest BCUT2D eigenvalue weighted by Crippen LogP contribution is -2.40. The highest BCUT2D eigenvalue weighted by molar-refractivity contribution is 5.86. The minimum atomic E-state index is -0.742. The third kappa shape index (κ3) is 25.9. The molecule has 0 saturated heterocycles. The molecule has 45 heavy (non-hydrogen) atoms. The van der Waals surface area contributed by atoms with Gasteiger partial charge < -0.3 is 21.0 Å². The number of aliphatic carboxylic acids is 1. The lowest BCUT2D eigenvalue weighted by molar-refractivity contribution is -0.137. The van der Waals surface area contributed by atoms with Gasteiger partial charge in [-0.3, -0.25) is 14.9 Å². The molecule has 3 rings (SSSR count). The normalized spacial score (nSPS) is 10.6. The van der Waals surface area contributed by atoms with E-state index in [2.05, 4.69) is 87.3 Å². The number of hydrogen-bond donors (Lipinski definition) is 4. The van der Waals surface area contributed by atoms with Gasteiger partial charge in [-0.1, -0.05) is 143 Å². The van der Waals surface area contributed by atoms with Crippen molar-refractivity contribution in [2.24, 2.45) is 11.7 Å². The summed E-state index contributed by atoms with van der Waals surface area (Å²) < 4.78 is 0. The summed E-state index contributed by atoms with van der Waals surface area (Å²) in [6.07, 6.45) is 8.61. The number of carbonyl (C=O) groups is 4. The average molecular weight is 622 g/mol. The Morgan fingerprint density at radius 3 is 1.80 bits per heavy atom. The molecule has 8 heteroatoms. The second-order valence-corrected chi connectivity index (χ2v) is 10.3. The quantitative estimate of drug-likeness (QED) is 0.154. The van der Waals surface area contributed by atoms with Crippen LogP contribution in [0.2, 0.25) is 0 Å². The highest BCUT2D eigenvalue weighted by Gasteiger charge is 2.02. The van der Waals surface area contributed by atoms with Gasteiger partial charge in [0.05, 0.1) is 6.04 Å². The van der Waals surface area contributed by atoms with Gasteiger partial charge in [0.1, 0.15) is 6.29 Å². The first-order valence-electron chi connectivity index (χ1n) is 15.6. The zero-order valence-electron chi connectivity index (χ0n) is 28.0. The summed E-state index contributed by atoms with van der Waals surface area (Å²) in [5.74, 6) is 0.226. The summed E-state index contributed by atoms with van der Waals surface area (Å²) >= 11 is 0. The van der Waals surface area contributed by atoms with Gasteiger partial charge in [0.2, 0.25) is 6.41 Å². The number of nitrogens with two attached hydrogens (primary N) is 1. The predicted molar refractivity (Wildman–Crippen MR) is 186 cm³/mol. The Balaban J connectivity index is 0. The SMILES string of the molecule is CC(C=O)NC(=O)NC=O.CCCCC(C)CCC.CN.Cc1ccc(-c2ccccc2)cc1.O=C(O)CCc1ccccc1. The van der Waals surface area contributed by atoms with Gasteiger partial charge in [-0.2, -0.15) is 0 Å². The molecule has 0 heterocycles. The number of imide groups is 1. The predicted octanol–water partition coefficient (Wildman–Crippen LogP) is 7.58. The van der Waals surface area contributed by atoms with Crippen LogP contribution in [0.3, 0.4) is 0 Å². The molecule has 8 nitrogen and oxygen atoms in total. The molecule has 0 bridgehead atoms. The number of hydrogen-bond acceptors (Lipinski definition) is 5. The molecular weight excluding hydrogens is 566 g/mol. The number of amides is 3. The minimum Gasteiger partial charge on any atom is -0.481 e. The lowest BCUT2D eigenvalue weighted by atomic mass is 10.00. The van der Waals surface area contributed by atoms with Crippen molar-refractivity contribution < 1.29 is 24.3 Å². The van der Waals surface area contributed by atoms with E-state index in [9.17, 15) is 19.2 Å². The van der Waals surface area contributed by atoms with E-state index in [0.717, 1.165) is 11.5 Å². The molecule has 3 aromatic rings. The Morgan fingerprint density at radius 1 is 0.800 bits per heavy atom. The van der Waals surface area contributed by atoms with E-state index in [1.54, 1.807) is 0 Å². The first-order chi connectivity index (χ1) is 21.7. The van der Waals surface area contributed by atoms with Crippen LogP contribution < -0.4 is 16.4 Å². The van der Waals surface area contributed by atoms with Gasteiger partial charge in [-0.15, -0.1) is 0 Å². The van der Waals surface area contributed by atoms with Crippen LogP contribution in [0.4, 0.5) is 4.79 Å². The van der Waals surface area contributed by atoms with Crippen molar-refractivity contribution in [2.75, 3.05) is 7.05 Å². The number of carbonyl (C=O) groups excluding carboxylic acids is 3. The Kier molecular flexibility index (Phi) is 28.3. The van der Waals surface area contributed by atoms with Crippen molar-refractivity contribution in [1.82, 2.24) is 10.6 Å². The molecule has 2 unspecified atom stereocenters. The number of rotatable bonds is 12. The van der Waals surface area contributed by atoms with E-state index in [-0.39, 0.29) is 12.8 Å². The Hall–Kier alpha value is -4.30. The number of unbranched alkanes of at least 4 members (excludes halogenated alkanes) is 1. The van der Waals surface area contributed by atoms with E-state index in [1.807, 2.05) is 41.7 Å². The van der Waals surface area contributed by atoms with Crippen LogP contribution in [-0.2, 0) is 20.8 Å². The molecule has 0 saturated carbocycles. The summed E-state index contributed by atoms with van der Waals surface area (Å²) in [4.78, 5) is 40.1. The number of nitrogens with one attached hydrogen (secondary N) is 2. The smallest absolute Gasteiger partial charge is 0.321 e. The summed E-state index contributed by atoms with van der Waals surface area (Å²) in [7, 11) is 1.50. The van der Waals surface area contributed by atoms with Crippen LogP contribution in [-0.4, -0.2) is 42.9 Å². The summed E-state index contributed by atoms with van der Waals surface area (Å²) in [6, 6.07) is 27.4. The van der Waals surface area contributed by atoms with Gasteiger partial charge in [-0.25, -0.2) is 4.79 Å². The average Bonchev–Trinajstić information content (AvgIpc) is 3.06. The van der Waals surface area contributed by atoms with Crippen molar-refractivity contribution in [3.63, 3.8) is 0 Å². The molecule has 3 amide bonds. The van der Waals surface area contributed by atoms with Crippen LogP contribution in [0.5, 0.6) is 0 Å². The monoisotopic (exact) mass is 621 g/mol. The lowest BCUT2D eigenvalue weighted by Gasteiger charge is -2.07. The fourth-order valence-electron chi connectivity index (χ4n) is 3.80. The molecule has 0 aliphatic heterocycles. The number of aryl methyl sites for hydroxylation is 2. The Morgan fingerprint density at radius 2 is 1.33 bits per heavy atom. The van der Waals surface area contributed by atoms with Crippen molar-refractivity contribution >= 4 is 24.7 Å². The maximum Gasteiger partial charge on any atom is 0.321 e. The molecule has 0 fully saturated rings. The van der Waals surface area contributed by atoms with Gasteiger partial charge in [-0.05, 0) is 49.9 Å². The zero-order valence-corrected chi connectivity index (χ0v) is 28.0. The molecule has 0 aliphatic carbocycles. The molecular formula is C37H55N3O5. The van der Waals surface area contributed by atoms with Gasteiger partial charge in [0.15, 0.2) is 0 Å². The highest BCUT2D eigenvalue weighted by Crippen LogP contribution is 2.18. The van der Waals surface area contributed by atoms with Crippen LogP contribution in [0.15, 0.2) is 84.9 Å². The second kappa shape index (κ2) is 29.8. The molecule has 3 aromatic carbocycles. The number of benzene rings is 3. The van der Waals surface area contributed by atoms with Crippen molar-refractivity contribution in [1.29, 1.82) is 0 Å². The molecule has 0 radical (unpaired) electrons. The largest absolute Gasteiger partial charge is 0.481 e. The van der Waals surface area contributed by atoms with Gasteiger partial charge >= 0.3 is 12.0 Å². The Bertz CT molecular complexity index is 1140. The number of carboxylic acids is 1.